The molecule has 3 rings (SSSR count). The Morgan fingerprint density at radius 2 is 2.00 bits per heavy atom. The van der Waals surface area contributed by atoms with E-state index in [1.54, 1.807) is 22.8 Å². The third-order valence-electron chi connectivity index (χ3n) is 4.71. The number of hydrogen-bond donors (Lipinski definition) is 2. The molecular weight excluding hydrogens is 469 g/mol. The average molecular weight is 492 g/mol. The molecule has 32 heavy (non-hydrogen) atoms. The van der Waals surface area contributed by atoms with Gasteiger partial charge in [0.05, 0.1) is 17.3 Å². The number of nitrogens with zero attached hydrogens (tertiary/aromatic N) is 3. The van der Waals surface area contributed by atoms with Crippen molar-refractivity contribution < 1.29 is 9.59 Å². The fourth-order valence-electron chi connectivity index (χ4n) is 3.22. The molecule has 2 N–H and O–H groups in total. The Labute approximate surface area is 201 Å². The fourth-order valence-corrected chi connectivity index (χ4v) is 3.76. The Morgan fingerprint density at radius 1 is 1.22 bits per heavy atom. The van der Waals surface area contributed by atoms with Crippen molar-refractivity contribution in [3.63, 3.8) is 0 Å². The van der Waals surface area contributed by atoms with Gasteiger partial charge in [-0.1, -0.05) is 53.9 Å². The second-order valence-corrected chi connectivity index (χ2v) is 8.53. The Hall–Kier alpha value is -2.68. The SMILES string of the molecule is CCCN(CC(=O)Nc1cc(Cl)ccc1Cl)C(=O)Cn1c(-c2cccc(C)c2)n[nH]c1=S. The molecule has 3 aromatic rings. The number of carbonyl (C=O) groups excluding carboxylic acids is 2. The lowest BCUT2D eigenvalue weighted by atomic mass is 10.1. The van der Waals surface area contributed by atoms with Gasteiger partial charge in [0.1, 0.15) is 6.54 Å². The van der Waals surface area contributed by atoms with Crippen LogP contribution in [-0.4, -0.2) is 44.6 Å². The van der Waals surface area contributed by atoms with Gasteiger partial charge in [-0.3, -0.25) is 19.3 Å². The zero-order chi connectivity index (χ0) is 23.3. The molecule has 168 valence electrons. The molecule has 0 saturated carbocycles. The number of benzene rings is 2. The Bertz CT molecular complexity index is 1190. The molecule has 0 aliphatic carbocycles. The summed E-state index contributed by atoms with van der Waals surface area (Å²) in [6.45, 7) is 4.17. The maximum absolute atomic E-state index is 13.1. The van der Waals surface area contributed by atoms with E-state index >= 15 is 0 Å². The largest absolute Gasteiger partial charge is 0.332 e. The fraction of sp³-hybridized carbons (Fsp3) is 0.273. The van der Waals surface area contributed by atoms with Crippen molar-refractivity contribution in [2.75, 3.05) is 18.4 Å². The number of rotatable bonds is 8. The van der Waals surface area contributed by atoms with Crippen molar-refractivity contribution in [3.8, 4) is 11.4 Å². The van der Waals surface area contributed by atoms with Crippen LogP contribution < -0.4 is 5.32 Å². The van der Waals surface area contributed by atoms with Gasteiger partial charge < -0.3 is 10.2 Å². The van der Waals surface area contributed by atoms with Crippen molar-refractivity contribution >= 4 is 52.9 Å². The van der Waals surface area contributed by atoms with Crippen molar-refractivity contribution in [2.45, 2.75) is 26.8 Å². The van der Waals surface area contributed by atoms with E-state index in [2.05, 4.69) is 15.5 Å². The molecule has 10 heteroatoms. The van der Waals surface area contributed by atoms with E-state index in [4.69, 9.17) is 35.4 Å². The van der Waals surface area contributed by atoms with Crippen LogP contribution in [-0.2, 0) is 16.1 Å². The number of halogens is 2. The highest BCUT2D eigenvalue weighted by molar-refractivity contribution is 7.71. The molecule has 2 amide bonds. The first kappa shape index (κ1) is 24.0. The van der Waals surface area contributed by atoms with Crippen molar-refractivity contribution in [3.05, 3.63) is 62.8 Å². The maximum Gasteiger partial charge on any atom is 0.244 e. The van der Waals surface area contributed by atoms with E-state index in [-0.39, 0.29) is 24.9 Å². The van der Waals surface area contributed by atoms with Gasteiger partial charge in [-0.2, -0.15) is 5.10 Å². The van der Waals surface area contributed by atoms with E-state index < -0.39 is 0 Å². The van der Waals surface area contributed by atoms with Crippen molar-refractivity contribution in [2.24, 2.45) is 0 Å². The second kappa shape index (κ2) is 10.8. The van der Waals surface area contributed by atoms with Crippen LogP contribution in [0.3, 0.4) is 0 Å². The number of amides is 2. The predicted molar refractivity (Wildman–Crippen MR) is 130 cm³/mol. The lowest BCUT2D eigenvalue weighted by Crippen LogP contribution is -2.40. The summed E-state index contributed by atoms with van der Waals surface area (Å²) in [7, 11) is 0. The summed E-state index contributed by atoms with van der Waals surface area (Å²) in [5, 5.41) is 10.6. The third-order valence-corrected chi connectivity index (χ3v) is 5.59. The quantitative estimate of drug-likeness (QED) is 0.429. The number of hydrogen-bond acceptors (Lipinski definition) is 4. The Morgan fingerprint density at radius 3 is 2.72 bits per heavy atom. The number of aryl methyl sites for hydroxylation is 1. The first-order valence-corrected chi connectivity index (χ1v) is 11.2. The van der Waals surface area contributed by atoms with E-state index in [1.165, 1.54) is 4.90 Å². The zero-order valence-corrected chi connectivity index (χ0v) is 20.0. The minimum atomic E-state index is -0.370. The molecule has 0 unspecified atom stereocenters. The molecule has 0 bridgehead atoms. The molecule has 0 saturated heterocycles. The molecule has 0 atom stereocenters. The summed E-state index contributed by atoms with van der Waals surface area (Å²) in [6, 6.07) is 12.6. The minimum Gasteiger partial charge on any atom is -0.332 e. The molecule has 0 fully saturated rings. The molecule has 7 nitrogen and oxygen atoms in total. The molecule has 0 spiro atoms. The van der Waals surface area contributed by atoms with E-state index in [1.807, 2.05) is 38.1 Å². The van der Waals surface area contributed by atoms with Crippen LogP contribution in [0.25, 0.3) is 11.4 Å². The zero-order valence-electron chi connectivity index (χ0n) is 17.7. The summed E-state index contributed by atoms with van der Waals surface area (Å²) < 4.78 is 1.97. The smallest absolute Gasteiger partial charge is 0.244 e. The van der Waals surface area contributed by atoms with Crippen LogP contribution in [0.2, 0.25) is 10.0 Å². The number of anilines is 1. The van der Waals surface area contributed by atoms with Gasteiger partial charge in [-0.15, -0.1) is 0 Å². The predicted octanol–water partition coefficient (Wildman–Crippen LogP) is 5.10. The molecule has 1 heterocycles. The normalized spacial score (nSPS) is 10.8. The third kappa shape index (κ3) is 5.97. The highest BCUT2D eigenvalue weighted by atomic mass is 35.5. The van der Waals surface area contributed by atoms with Gasteiger partial charge in [-0.25, -0.2) is 0 Å². The number of carbonyl (C=O) groups is 2. The van der Waals surface area contributed by atoms with Crippen LogP contribution >= 0.6 is 35.4 Å². The number of nitrogens with one attached hydrogen (secondary N) is 2. The molecule has 0 aliphatic rings. The van der Waals surface area contributed by atoms with Crippen molar-refractivity contribution in [1.82, 2.24) is 19.7 Å². The summed E-state index contributed by atoms with van der Waals surface area (Å²) in [5.41, 5.74) is 2.31. The van der Waals surface area contributed by atoms with Crippen LogP contribution in [0, 0.1) is 11.7 Å². The average Bonchev–Trinajstić information content (AvgIpc) is 3.10. The molecular formula is C22H23Cl2N5O2S. The Kier molecular flexibility index (Phi) is 8.06. The lowest BCUT2D eigenvalue weighted by molar-refractivity contribution is -0.135. The van der Waals surface area contributed by atoms with Crippen LogP contribution in [0.1, 0.15) is 18.9 Å². The highest BCUT2D eigenvalue weighted by Gasteiger charge is 2.20. The molecule has 1 aromatic heterocycles. The number of aromatic amines is 1. The lowest BCUT2D eigenvalue weighted by Gasteiger charge is -2.22. The van der Waals surface area contributed by atoms with Gasteiger partial charge >= 0.3 is 0 Å². The van der Waals surface area contributed by atoms with Gasteiger partial charge in [0.25, 0.3) is 0 Å². The van der Waals surface area contributed by atoms with E-state index in [9.17, 15) is 9.59 Å². The molecule has 2 aromatic carbocycles. The Balaban J connectivity index is 1.76. The van der Waals surface area contributed by atoms with Crippen LogP contribution in [0.5, 0.6) is 0 Å². The standard InChI is InChI=1S/C22H23Cl2N5O2S/c1-3-9-28(12-19(30)25-18-11-16(23)7-8-17(18)24)20(31)13-29-21(26-27-22(29)32)15-6-4-5-14(2)10-15/h4-8,10-11H,3,9,12-13H2,1-2H3,(H,25,30)(H,27,32). The summed E-state index contributed by atoms with van der Waals surface area (Å²) in [4.78, 5) is 27.2. The first-order chi connectivity index (χ1) is 15.3. The van der Waals surface area contributed by atoms with Gasteiger partial charge in [0.2, 0.25) is 11.8 Å². The first-order valence-electron chi connectivity index (χ1n) is 10.0. The summed E-state index contributed by atoms with van der Waals surface area (Å²) in [5.74, 6) is -0.0464. The highest BCUT2D eigenvalue weighted by Crippen LogP contribution is 2.25. The number of aromatic nitrogens is 3. The summed E-state index contributed by atoms with van der Waals surface area (Å²) >= 11 is 17.4. The van der Waals surface area contributed by atoms with E-state index in [0.717, 1.165) is 11.1 Å². The summed E-state index contributed by atoms with van der Waals surface area (Å²) in [6.07, 6.45) is 0.693. The maximum atomic E-state index is 13.1. The van der Waals surface area contributed by atoms with Crippen LogP contribution in [0.4, 0.5) is 5.69 Å². The monoisotopic (exact) mass is 491 g/mol. The van der Waals surface area contributed by atoms with Gasteiger partial charge in [0, 0.05) is 17.1 Å². The second-order valence-electron chi connectivity index (χ2n) is 7.30. The molecule has 0 radical (unpaired) electrons. The van der Waals surface area contributed by atoms with Crippen LogP contribution in [0.15, 0.2) is 42.5 Å². The van der Waals surface area contributed by atoms with Gasteiger partial charge in [0.15, 0.2) is 10.6 Å². The number of H-pyrrole nitrogens is 1. The molecule has 0 aliphatic heterocycles. The van der Waals surface area contributed by atoms with E-state index in [0.29, 0.717) is 39.3 Å². The van der Waals surface area contributed by atoms with Gasteiger partial charge in [-0.05, 0) is 49.8 Å². The topological polar surface area (TPSA) is 83.0 Å². The minimum absolute atomic E-state index is 0.0379. The van der Waals surface area contributed by atoms with Crippen molar-refractivity contribution in [1.29, 1.82) is 0 Å².